The zero-order valence-electron chi connectivity index (χ0n) is 12.7. The Balaban J connectivity index is 2.06. The van der Waals surface area contributed by atoms with Crippen LogP contribution in [-0.2, 0) is 0 Å². The van der Waals surface area contributed by atoms with Crippen molar-refractivity contribution >= 4 is 11.9 Å². The average molecular weight is 280 g/mol. The maximum Gasteiger partial charge on any atom is 0.322 e. The summed E-state index contributed by atoms with van der Waals surface area (Å²) < 4.78 is 5.11. The van der Waals surface area contributed by atoms with Crippen LogP contribution in [0, 0.1) is 0 Å². The van der Waals surface area contributed by atoms with Crippen LogP contribution in [-0.4, -0.2) is 59.7 Å². The Hall–Kier alpha value is -1.63. The zero-order chi connectivity index (χ0) is 14.6. The van der Waals surface area contributed by atoms with E-state index < -0.39 is 0 Å². The summed E-state index contributed by atoms with van der Waals surface area (Å²) in [6.45, 7) is 3.59. The molecule has 1 aliphatic carbocycles. The number of aromatic nitrogens is 3. The number of nitrogens with zero attached hydrogens (tertiary/aromatic N) is 4. The monoisotopic (exact) mass is 280 g/mol. The lowest BCUT2D eigenvalue weighted by Gasteiger charge is -2.47. The molecule has 0 aliphatic heterocycles. The molecule has 1 aromatic heterocycles. The summed E-state index contributed by atoms with van der Waals surface area (Å²) in [6.07, 6.45) is 3.69. The lowest BCUT2D eigenvalue weighted by Crippen LogP contribution is -2.54. The van der Waals surface area contributed by atoms with Gasteiger partial charge in [-0.2, -0.15) is 15.0 Å². The molecule has 0 radical (unpaired) electrons. The lowest BCUT2D eigenvalue weighted by atomic mass is 9.75. The van der Waals surface area contributed by atoms with Crippen molar-refractivity contribution in [3.8, 4) is 6.01 Å². The van der Waals surface area contributed by atoms with Crippen LogP contribution in [0.15, 0.2) is 0 Å². The highest BCUT2D eigenvalue weighted by molar-refractivity contribution is 5.36. The van der Waals surface area contributed by atoms with Gasteiger partial charge >= 0.3 is 6.01 Å². The van der Waals surface area contributed by atoms with Gasteiger partial charge in [-0.3, -0.25) is 0 Å². The van der Waals surface area contributed by atoms with Gasteiger partial charge in [-0.25, -0.2) is 0 Å². The standard InChI is InChI=1S/C13H24N6O/c1-5-14-10-16-11(18-12(17-10)20-4)15-9-13(19(2)3)7-6-8-13/h5-9H2,1-4H3,(H2,14,15,16,17,18). The van der Waals surface area contributed by atoms with Crippen molar-refractivity contribution in [2.75, 3.05) is 44.9 Å². The van der Waals surface area contributed by atoms with Crippen LogP contribution < -0.4 is 15.4 Å². The number of nitrogens with one attached hydrogen (secondary N) is 2. The number of hydrogen-bond acceptors (Lipinski definition) is 7. The zero-order valence-corrected chi connectivity index (χ0v) is 12.7. The van der Waals surface area contributed by atoms with Gasteiger partial charge in [0.1, 0.15) is 0 Å². The van der Waals surface area contributed by atoms with E-state index in [0.29, 0.717) is 17.9 Å². The third-order valence-corrected chi connectivity index (χ3v) is 3.94. The predicted molar refractivity (Wildman–Crippen MR) is 79.3 cm³/mol. The molecule has 7 nitrogen and oxygen atoms in total. The van der Waals surface area contributed by atoms with Gasteiger partial charge in [0.25, 0.3) is 0 Å². The minimum Gasteiger partial charge on any atom is -0.467 e. The van der Waals surface area contributed by atoms with Crippen LogP contribution >= 0.6 is 0 Å². The summed E-state index contributed by atoms with van der Waals surface area (Å²) in [7, 11) is 5.81. The van der Waals surface area contributed by atoms with Crippen LogP contribution in [0.4, 0.5) is 11.9 Å². The molecule has 112 valence electrons. The molecule has 0 aromatic carbocycles. The van der Waals surface area contributed by atoms with Crippen LogP contribution in [0.1, 0.15) is 26.2 Å². The van der Waals surface area contributed by atoms with Crippen LogP contribution in [0.25, 0.3) is 0 Å². The third-order valence-electron chi connectivity index (χ3n) is 3.94. The molecule has 1 aliphatic rings. The number of anilines is 2. The number of methoxy groups -OCH3 is 1. The Bertz CT molecular complexity index is 446. The molecule has 1 aromatic rings. The first-order valence-corrected chi connectivity index (χ1v) is 7.05. The summed E-state index contributed by atoms with van der Waals surface area (Å²) in [6, 6.07) is 0.325. The molecule has 0 bridgehead atoms. The van der Waals surface area contributed by atoms with Crippen molar-refractivity contribution in [3.05, 3.63) is 0 Å². The molecule has 0 unspecified atom stereocenters. The summed E-state index contributed by atoms with van der Waals surface area (Å²) in [5.41, 5.74) is 0.220. The molecule has 1 heterocycles. The minimum absolute atomic E-state index is 0.220. The topological polar surface area (TPSA) is 75.2 Å². The second kappa shape index (κ2) is 6.21. The number of ether oxygens (including phenoxy) is 1. The summed E-state index contributed by atoms with van der Waals surface area (Å²) in [5.74, 6) is 1.09. The Morgan fingerprint density at radius 2 is 1.80 bits per heavy atom. The summed E-state index contributed by atoms with van der Waals surface area (Å²) in [5, 5.41) is 6.40. The van der Waals surface area contributed by atoms with Gasteiger partial charge in [0.15, 0.2) is 0 Å². The van der Waals surface area contributed by atoms with Crippen molar-refractivity contribution in [1.82, 2.24) is 19.9 Å². The average Bonchev–Trinajstić information content (AvgIpc) is 2.37. The van der Waals surface area contributed by atoms with Gasteiger partial charge in [0.2, 0.25) is 11.9 Å². The summed E-state index contributed by atoms with van der Waals surface area (Å²) >= 11 is 0. The second-order valence-corrected chi connectivity index (χ2v) is 5.33. The first-order valence-electron chi connectivity index (χ1n) is 7.05. The Morgan fingerprint density at radius 3 is 2.25 bits per heavy atom. The molecule has 2 rings (SSSR count). The van der Waals surface area contributed by atoms with Gasteiger partial charge in [-0.1, -0.05) is 0 Å². The SMILES string of the molecule is CCNc1nc(NCC2(N(C)C)CCC2)nc(OC)n1. The first kappa shape index (κ1) is 14.8. The Kier molecular flexibility index (Phi) is 4.59. The molecule has 2 N–H and O–H groups in total. The van der Waals surface area contributed by atoms with Crippen molar-refractivity contribution in [3.63, 3.8) is 0 Å². The highest BCUT2D eigenvalue weighted by Gasteiger charge is 2.38. The molecular formula is C13H24N6O. The van der Waals surface area contributed by atoms with Crippen LogP contribution in [0.2, 0.25) is 0 Å². The third kappa shape index (κ3) is 3.09. The predicted octanol–water partition coefficient (Wildman–Crippen LogP) is 1.21. The molecule has 0 amide bonds. The van der Waals surface area contributed by atoms with Gasteiger partial charge in [0.05, 0.1) is 7.11 Å². The summed E-state index contributed by atoms with van der Waals surface area (Å²) in [4.78, 5) is 15.0. The fourth-order valence-corrected chi connectivity index (χ4v) is 2.37. The van der Waals surface area contributed by atoms with Gasteiger partial charge < -0.3 is 20.3 Å². The number of hydrogen-bond donors (Lipinski definition) is 2. The van der Waals surface area contributed by atoms with Crippen molar-refractivity contribution in [2.24, 2.45) is 0 Å². The maximum atomic E-state index is 5.11. The molecule has 20 heavy (non-hydrogen) atoms. The van der Waals surface area contributed by atoms with Gasteiger partial charge in [-0.15, -0.1) is 0 Å². The molecule has 0 spiro atoms. The van der Waals surface area contributed by atoms with Gasteiger partial charge in [0, 0.05) is 18.6 Å². The van der Waals surface area contributed by atoms with Crippen molar-refractivity contribution < 1.29 is 4.74 Å². The fraction of sp³-hybridized carbons (Fsp3) is 0.769. The molecule has 1 saturated carbocycles. The quantitative estimate of drug-likeness (QED) is 0.777. The molecular weight excluding hydrogens is 256 g/mol. The lowest BCUT2D eigenvalue weighted by molar-refractivity contribution is 0.0737. The van der Waals surface area contributed by atoms with Crippen LogP contribution in [0.5, 0.6) is 6.01 Å². The maximum absolute atomic E-state index is 5.11. The first-order chi connectivity index (χ1) is 9.59. The van der Waals surface area contributed by atoms with E-state index in [4.69, 9.17) is 4.74 Å². The van der Waals surface area contributed by atoms with E-state index in [2.05, 4.69) is 44.6 Å². The number of rotatable bonds is 7. The van der Waals surface area contributed by atoms with E-state index in [9.17, 15) is 0 Å². The Labute approximate surface area is 120 Å². The van der Waals surface area contributed by atoms with Crippen LogP contribution in [0.3, 0.4) is 0 Å². The van der Waals surface area contributed by atoms with E-state index in [1.54, 1.807) is 7.11 Å². The fourth-order valence-electron chi connectivity index (χ4n) is 2.37. The molecule has 0 atom stereocenters. The minimum atomic E-state index is 0.220. The van der Waals surface area contributed by atoms with E-state index in [1.165, 1.54) is 19.3 Å². The largest absolute Gasteiger partial charge is 0.467 e. The highest BCUT2D eigenvalue weighted by atomic mass is 16.5. The van der Waals surface area contributed by atoms with E-state index in [0.717, 1.165) is 13.1 Å². The van der Waals surface area contributed by atoms with Crippen molar-refractivity contribution in [1.29, 1.82) is 0 Å². The molecule has 1 fully saturated rings. The van der Waals surface area contributed by atoms with E-state index in [1.807, 2.05) is 6.92 Å². The van der Waals surface area contributed by atoms with Crippen molar-refractivity contribution in [2.45, 2.75) is 31.7 Å². The highest BCUT2D eigenvalue weighted by Crippen LogP contribution is 2.36. The van der Waals surface area contributed by atoms with E-state index >= 15 is 0 Å². The smallest absolute Gasteiger partial charge is 0.322 e. The molecule has 7 heteroatoms. The van der Waals surface area contributed by atoms with E-state index in [-0.39, 0.29) is 5.54 Å². The second-order valence-electron chi connectivity index (χ2n) is 5.33. The molecule has 0 saturated heterocycles. The Morgan fingerprint density at radius 1 is 1.15 bits per heavy atom. The number of likely N-dealkylation sites (N-methyl/N-ethyl adjacent to an activating group) is 1. The normalized spacial score (nSPS) is 16.6. The van der Waals surface area contributed by atoms with Gasteiger partial charge in [-0.05, 0) is 40.3 Å².